The van der Waals surface area contributed by atoms with Crippen molar-refractivity contribution < 1.29 is 19.1 Å². The number of amides is 1. The number of nitrogens with zero attached hydrogens (tertiary/aromatic N) is 1. The number of oxazole rings is 1. The van der Waals surface area contributed by atoms with Crippen molar-refractivity contribution in [3.05, 3.63) is 24.1 Å². The van der Waals surface area contributed by atoms with Crippen LogP contribution in [0.3, 0.4) is 0 Å². The van der Waals surface area contributed by atoms with E-state index in [4.69, 9.17) is 14.3 Å². The number of anilines is 1. The van der Waals surface area contributed by atoms with Crippen molar-refractivity contribution in [2.75, 3.05) is 18.5 Å². The number of carbonyl (C=O) groups excluding carboxylic acids is 1. The molecule has 0 unspecified atom stereocenters. The maximum atomic E-state index is 11.3. The molecule has 102 valence electrons. The van der Waals surface area contributed by atoms with Crippen LogP contribution >= 0.6 is 0 Å². The van der Waals surface area contributed by atoms with Crippen LogP contribution < -0.4 is 5.32 Å². The molecule has 0 atom stereocenters. The highest BCUT2D eigenvalue weighted by molar-refractivity contribution is 5.88. The van der Waals surface area contributed by atoms with Crippen LogP contribution in [0, 0.1) is 0 Å². The normalized spacial score (nSPS) is 10.9. The van der Waals surface area contributed by atoms with Gasteiger partial charge in [-0.1, -0.05) is 13.8 Å². The number of aliphatic hydroxyl groups is 1. The smallest absolute Gasteiger partial charge is 0.411 e. The average molecular weight is 264 g/mol. The second-order valence-electron chi connectivity index (χ2n) is 4.37. The Morgan fingerprint density at radius 1 is 1.53 bits per heavy atom. The minimum Gasteiger partial charge on any atom is -0.447 e. The fourth-order valence-electron chi connectivity index (χ4n) is 1.56. The molecule has 0 fully saturated rings. The van der Waals surface area contributed by atoms with E-state index in [0.29, 0.717) is 22.7 Å². The summed E-state index contributed by atoms with van der Waals surface area (Å²) in [6.45, 7) is 3.76. The summed E-state index contributed by atoms with van der Waals surface area (Å²) in [4.78, 5) is 15.7. The fraction of sp³-hybridized carbons (Fsp3) is 0.385. The Bertz CT molecular complexity index is 577. The van der Waals surface area contributed by atoms with Crippen molar-refractivity contribution in [1.29, 1.82) is 0 Å². The van der Waals surface area contributed by atoms with Gasteiger partial charge in [0.25, 0.3) is 0 Å². The number of ether oxygens (including phenoxy) is 1. The van der Waals surface area contributed by atoms with E-state index < -0.39 is 6.09 Å². The number of fused-ring (bicyclic) bond motifs is 1. The summed E-state index contributed by atoms with van der Waals surface area (Å²) in [5.74, 6) is 0.869. The van der Waals surface area contributed by atoms with Crippen molar-refractivity contribution >= 4 is 22.9 Å². The molecule has 6 nitrogen and oxygen atoms in total. The summed E-state index contributed by atoms with van der Waals surface area (Å²) >= 11 is 0. The zero-order valence-electron chi connectivity index (χ0n) is 10.8. The van der Waals surface area contributed by atoms with Gasteiger partial charge >= 0.3 is 6.09 Å². The van der Waals surface area contributed by atoms with Crippen LogP contribution in [0.1, 0.15) is 25.7 Å². The molecule has 2 rings (SSSR count). The highest BCUT2D eigenvalue weighted by atomic mass is 16.6. The van der Waals surface area contributed by atoms with E-state index in [2.05, 4.69) is 10.3 Å². The molecular formula is C13H16N2O4. The lowest BCUT2D eigenvalue weighted by Gasteiger charge is -2.04. The molecule has 19 heavy (non-hydrogen) atoms. The lowest BCUT2D eigenvalue weighted by Crippen LogP contribution is -2.15. The van der Waals surface area contributed by atoms with E-state index in [1.807, 2.05) is 13.8 Å². The number of benzene rings is 1. The predicted molar refractivity (Wildman–Crippen MR) is 70.2 cm³/mol. The second-order valence-corrected chi connectivity index (χ2v) is 4.37. The molecule has 0 saturated heterocycles. The largest absolute Gasteiger partial charge is 0.447 e. The van der Waals surface area contributed by atoms with Gasteiger partial charge in [-0.3, -0.25) is 5.32 Å². The fourth-order valence-corrected chi connectivity index (χ4v) is 1.56. The summed E-state index contributed by atoms with van der Waals surface area (Å²) in [6, 6.07) is 5.17. The third kappa shape index (κ3) is 3.23. The lowest BCUT2D eigenvalue weighted by molar-refractivity contribution is 0.131. The van der Waals surface area contributed by atoms with Gasteiger partial charge in [0, 0.05) is 11.6 Å². The zero-order chi connectivity index (χ0) is 13.8. The highest BCUT2D eigenvalue weighted by Gasteiger charge is 2.10. The lowest BCUT2D eigenvalue weighted by atomic mass is 10.2. The standard InChI is InChI=1S/C13H16N2O4/c1-8(2)12-15-10-7-9(3-4-11(10)19-12)14-13(17)18-6-5-16/h3-4,7-8,16H,5-6H2,1-2H3,(H,14,17). The number of hydrogen-bond acceptors (Lipinski definition) is 5. The van der Waals surface area contributed by atoms with E-state index in [0.717, 1.165) is 0 Å². The van der Waals surface area contributed by atoms with Crippen molar-refractivity contribution in [3.63, 3.8) is 0 Å². The Kier molecular flexibility index (Phi) is 4.01. The summed E-state index contributed by atoms with van der Waals surface area (Å²) in [6.07, 6.45) is -0.610. The number of hydrogen-bond donors (Lipinski definition) is 2. The summed E-state index contributed by atoms with van der Waals surface area (Å²) in [5.41, 5.74) is 1.93. The maximum absolute atomic E-state index is 11.3. The number of aliphatic hydroxyl groups excluding tert-OH is 1. The van der Waals surface area contributed by atoms with E-state index in [1.54, 1.807) is 18.2 Å². The molecule has 0 aliphatic heterocycles. The minimum atomic E-state index is -0.610. The van der Waals surface area contributed by atoms with Crippen molar-refractivity contribution in [1.82, 2.24) is 4.98 Å². The molecule has 1 amide bonds. The maximum Gasteiger partial charge on any atom is 0.411 e. The highest BCUT2D eigenvalue weighted by Crippen LogP contribution is 2.23. The molecule has 2 N–H and O–H groups in total. The van der Waals surface area contributed by atoms with Gasteiger partial charge in [0.15, 0.2) is 11.5 Å². The van der Waals surface area contributed by atoms with Crippen LogP contribution in [-0.2, 0) is 4.74 Å². The van der Waals surface area contributed by atoms with Gasteiger partial charge in [-0.25, -0.2) is 9.78 Å². The zero-order valence-corrected chi connectivity index (χ0v) is 10.8. The third-order valence-electron chi connectivity index (χ3n) is 2.47. The summed E-state index contributed by atoms with van der Waals surface area (Å²) in [7, 11) is 0. The first-order chi connectivity index (χ1) is 9.10. The van der Waals surface area contributed by atoms with E-state index in [1.165, 1.54) is 0 Å². The second kappa shape index (κ2) is 5.71. The van der Waals surface area contributed by atoms with Crippen molar-refractivity contribution in [2.24, 2.45) is 0 Å². The number of rotatable bonds is 4. The van der Waals surface area contributed by atoms with Gasteiger partial charge in [0.05, 0.1) is 6.61 Å². The number of nitrogens with one attached hydrogen (secondary N) is 1. The molecule has 1 aromatic carbocycles. The average Bonchev–Trinajstić information content (AvgIpc) is 2.79. The van der Waals surface area contributed by atoms with Gasteiger partial charge in [0.2, 0.25) is 0 Å². The molecule has 1 heterocycles. The summed E-state index contributed by atoms with van der Waals surface area (Å²) in [5, 5.41) is 11.1. The topological polar surface area (TPSA) is 84.6 Å². The predicted octanol–water partition coefficient (Wildman–Crippen LogP) is 2.49. The van der Waals surface area contributed by atoms with Gasteiger partial charge in [-0.2, -0.15) is 0 Å². The Morgan fingerprint density at radius 2 is 2.32 bits per heavy atom. The van der Waals surface area contributed by atoms with Crippen LogP contribution in [-0.4, -0.2) is 29.4 Å². The number of aromatic nitrogens is 1. The van der Waals surface area contributed by atoms with Crippen molar-refractivity contribution in [2.45, 2.75) is 19.8 Å². The molecule has 0 radical (unpaired) electrons. The first kappa shape index (κ1) is 13.4. The van der Waals surface area contributed by atoms with Gasteiger partial charge in [-0.05, 0) is 18.2 Å². The van der Waals surface area contributed by atoms with Crippen LogP contribution in [0.15, 0.2) is 22.6 Å². The minimum absolute atomic E-state index is 0.0322. The van der Waals surface area contributed by atoms with Crippen LogP contribution in [0.25, 0.3) is 11.1 Å². The molecule has 6 heteroatoms. The quantitative estimate of drug-likeness (QED) is 0.886. The van der Waals surface area contributed by atoms with E-state index in [-0.39, 0.29) is 19.1 Å². The molecule has 0 saturated carbocycles. The van der Waals surface area contributed by atoms with Gasteiger partial charge in [0.1, 0.15) is 12.1 Å². The van der Waals surface area contributed by atoms with Crippen LogP contribution in [0.5, 0.6) is 0 Å². The Hall–Kier alpha value is -2.08. The van der Waals surface area contributed by atoms with Crippen LogP contribution in [0.2, 0.25) is 0 Å². The SMILES string of the molecule is CC(C)c1nc2cc(NC(=O)OCCO)ccc2o1. The van der Waals surface area contributed by atoms with E-state index >= 15 is 0 Å². The molecule has 0 aliphatic carbocycles. The third-order valence-corrected chi connectivity index (χ3v) is 2.47. The van der Waals surface area contributed by atoms with Gasteiger partial charge < -0.3 is 14.3 Å². The molecule has 0 bridgehead atoms. The molecule has 1 aromatic heterocycles. The first-order valence-electron chi connectivity index (χ1n) is 6.05. The van der Waals surface area contributed by atoms with Crippen LogP contribution in [0.4, 0.5) is 10.5 Å². The molecular weight excluding hydrogens is 248 g/mol. The van der Waals surface area contributed by atoms with Crippen molar-refractivity contribution in [3.8, 4) is 0 Å². The van der Waals surface area contributed by atoms with E-state index in [9.17, 15) is 4.79 Å². The van der Waals surface area contributed by atoms with Gasteiger partial charge in [-0.15, -0.1) is 0 Å². The first-order valence-corrected chi connectivity index (χ1v) is 6.05. The Morgan fingerprint density at radius 3 is 3.00 bits per heavy atom. The Labute approximate surface area is 110 Å². The molecule has 0 aliphatic rings. The monoisotopic (exact) mass is 264 g/mol. The summed E-state index contributed by atoms with van der Waals surface area (Å²) < 4.78 is 10.3. The number of carbonyl (C=O) groups is 1. The molecule has 0 spiro atoms. The molecule has 2 aromatic rings. The Balaban J connectivity index is 2.14.